The Balaban J connectivity index is 2.05. The van der Waals surface area contributed by atoms with E-state index in [4.69, 9.17) is 18.9 Å². The average molecular weight is 445 g/mol. The number of hydrogen-bond acceptors (Lipinski definition) is 5. The van der Waals surface area contributed by atoms with Gasteiger partial charge in [-0.1, -0.05) is 31.2 Å². The lowest BCUT2D eigenvalue weighted by Crippen LogP contribution is -2.02. The number of methoxy groups -OCH3 is 4. The number of Topliss-reactive ketones (excluding diaryl/α,β-unsaturated/α-hetero) is 1. The van der Waals surface area contributed by atoms with Gasteiger partial charge in [0.25, 0.3) is 0 Å². The molecule has 0 aliphatic heterocycles. The van der Waals surface area contributed by atoms with Gasteiger partial charge < -0.3 is 18.9 Å². The molecule has 33 heavy (non-hydrogen) atoms. The van der Waals surface area contributed by atoms with Crippen molar-refractivity contribution in [1.82, 2.24) is 0 Å². The first kappa shape index (κ1) is 22.5. The monoisotopic (exact) mass is 444 g/mol. The van der Waals surface area contributed by atoms with Crippen molar-refractivity contribution in [3.8, 4) is 23.0 Å². The highest BCUT2D eigenvalue weighted by Crippen LogP contribution is 2.44. The Morgan fingerprint density at radius 1 is 0.758 bits per heavy atom. The second-order valence-corrected chi connectivity index (χ2v) is 7.83. The third-order valence-corrected chi connectivity index (χ3v) is 6.08. The maximum atomic E-state index is 13.5. The van der Waals surface area contributed by atoms with Gasteiger partial charge in [0.05, 0.1) is 28.4 Å². The van der Waals surface area contributed by atoms with E-state index in [1.807, 2.05) is 48.5 Å². The first-order valence-electron chi connectivity index (χ1n) is 10.9. The molecule has 3 aromatic carbocycles. The predicted molar refractivity (Wildman–Crippen MR) is 130 cm³/mol. The van der Waals surface area contributed by atoms with E-state index in [1.54, 1.807) is 28.4 Å². The Labute approximate surface area is 194 Å². The summed E-state index contributed by atoms with van der Waals surface area (Å²) in [7, 11) is 6.50. The number of carbonyl (C=O) groups excluding carboxylic acids is 1. The van der Waals surface area contributed by atoms with Crippen molar-refractivity contribution in [3.63, 3.8) is 0 Å². The van der Waals surface area contributed by atoms with Crippen LogP contribution in [-0.2, 0) is 17.6 Å². The molecule has 0 heterocycles. The van der Waals surface area contributed by atoms with Crippen LogP contribution in [-0.4, -0.2) is 34.2 Å². The molecule has 3 aromatic rings. The van der Waals surface area contributed by atoms with Gasteiger partial charge in [0, 0.05) is 23.1 Å². The van der Waals surface area contributed by atoms with Crippen LogP contribution >= 0.6 is 0 Å². The van der Waals surface area contributed by atoms with Gasteiger partial charge >= 0.3 is 0 Å². The van der Waals surface area contributed by atoms with Crippen LogP contribution in [0.25, 0.3) is 11.1 Å². The maximum absolute atomic E-state index is 13.5. The summed E-state index contributed by atoms with van der Waals surface area (Å²) >= 11 is 0. The van der Waals surface area contributed by atoms with E-state index in [-0.39, 0.29) is 5.78 Å². The minimum absolute atomic E-state index is 0.0668. The molecule has 0 saturated heterocycles. The van der Waals surface area contributed by atoms with E-state index in [0.717, 1.165) is 51.3 Å². The van der Waals surface area contributed by atoms with Gasteiger partial charge in [0.15, 0.2) is 17.3 Å². The van der Waals surface area contributed by atoms with Crippen molar-refractivity contribution in [2.24, 2.45) is 0 Å². The fraction of sp³-hybridized carbons (Fsp3) is 0.250. The summed E-state index contributed by atoms with van der Waals surface area (Å²) in [5, 5.41) is 0. The molecule has 0 fully saturated rings. The predicted octanol–water partition coefficient (Wildman–Crippen LogP) is 5.37. The van der Waals surface area contributed by atoms with Crippen molar-refractivity contribution >= 4 is 16.9 Å². The third-order valence-electron chi connectivity index (χ3n) is 6.08. The summed E-state index contributed by atoms with van der Waals surface area (Å²) in [5.74, 6) is 2.82. The molecule has 170 valence electrons. The van der Waals surface area contributed by atoms with Crippen LogP contribution in [0.15, 0.2) is 54.6 Å². The molecule has 0 radical (unpaired) electrons. The lowest BCUT2D eigenvalue weighted by Gasteiger charge is -2.17. The first-order valence-corrected chi connectivity index (χ1v) is 10.9. The molecule has 5 heteroatoms. The quantitative estimate of drug-likeness (QED) is 0.459. The lowest BCUT2D eigenvalue weighted by molar-refractivity contribution is -0.112. The molecule has 0 saturated carbocycles. The topological polar surface area (TPSA) is 54.0 Å². The van der Waals surface area contributed by atoms with Gasteiger partial charge in [-0.25, -0.2) is 0 Å². The highest BCUT2D eigenvalue weighted by atomic mass is 16.5. The molecule has 0 spiro atoms. The Bertz CT molecular complexity index is 1220. The molecule has 0 amide bonds. The molecule has 0 aromatic heterocycles. The largest absolute Gasteiger partial charge is 0.497 e. The van der Waals surface area contributed by atoms with Crippen LogP contribution in [0.1, 0.15) is 34.7 Å². The fourth-order valence-corrected chi connectivity index (χ4v) is 4.37. The molecule has 1 aliphatic carbocycles. The normalized spacial score (nSPS) is 14.0. The molecule has 1 aliphatic rings. The van der Waals surface area contributed by atoms with Gasteiger partial charge in [0.1, 0.15) is 11.5 Å². The molecular weight excluding hydrogens is 416 g/mol. The summed E-state index contributed by atoms with van der Waals surface area (Å²) in [6.07, 6.45) is 1.16. The second-order valence-electron chi connectivity index (χ2n) is 7.83. The molecule has 0 atom stereocenters. The fourth-order valence-electron chi connectivity index (χ4n) is 4.37. The minimum atomic E-state index is 0.0668. The smallest absolute Gasteiger partial charge is 0.168 e. The van der Waals surface area contributed by atoms with E-state index < -0.39 is 0 Å². The Kier molecular flexibility index (Phi) is 6.40. The van der Waals surface area contributed by atoms with Crippen LogP contribution in [0.3, 0.4) is 0 Å². The Morgan fingerprint density at radius 2 is 1.42 bits per heavy atom. The SMILES string of the molecule is CCc1cc(OC)c2c(c1)C(=C(c1ccc(OC)cc1)c1ccc(OC)c(OC)c1)C(=O)C2. The molecule has 0 N–H and O–H groups in total. The van der Waals surface area contributed by atoms with Crippen LogP contribution in [0.5, 0.6) is 23.0 Å². The zero-order valence-electron chi connectivity index (χ0n) is 19.7. The molecular formula is C28H28O5. The zero-order chi connectivity index (χ0) is 23.5. The number of hydrogen-bond donors (Lipinski definition) is 0. The minimum Gasteiger partial charge on any atom is -0.497 e. The summed E-state index contributed by atoms with van der Waals surface area (Å²) < 4.78 is 22.0. The summed E-state index contributed by atoms with van der Waals surface area (Å²) in [6, 6.07) is 17.6. The van der Waals surface area contributed by atoms with Crippen molar-refractivity contribution in [1.29, 1.82) is 0 Å². The van der Waals surface area contributed by atoms with Crippen LogP contribution in [0, 0.1) is 0 Å². The number of allylic oxidation sites excluding steroid dienone is 1. The van der Waals surface area contributed by atoms with Gasteiger partial charge in [-0.05, 0) is 59.0 Å². The van der Waals surface area contributed by atoms with E-state index >= 15 is 0 Å². The zero-order valence-corrected chi connectivity index (χ0v) is 19.7. The number of rotatable bonds is 7. The van der Waals surface area contributed by atoms with Gasteiger partial charge in [-0.2, -0.15) is 0 Å². The van der Waals surface area contributed by atoms with Gasteiger partial charge in [-0.15, -0.1) is 0 Å². The Morgan fingerprint density at radius 3 is 2.03 bits per heavy atom. The highest BCUT2D eigenvalue weighted by Gasteiger charge is 2.32. The number of aryl methyl sites for hydroxylation is 1. The first-order chi connectivity index (χ1) is 16.0. The van der Waals surface area contributed by atoms with Crippen LogP contribution in [0.2, 0.25) is 0 Å². The van der Waals surface area contributed by atoms with Crippen LogP contribution in [0.4, 0.5) is 0 Å². The third kappa shape index (κ3) is 4.07. The van der Waals surface area contributed by atoms with E-state index in [2.05, 4.69) is 13.0 Å². The molecule has 0 bridgehead atoms. The lowest BCUT2D eigenvalue weighted by atomic mass is 9.89. The van der Waals surface area contributed by atoms with E-state index in [9.17, 15) is 4.79 Å². The van der Waals surface area contributed by atoms with Crippen LogP contribution < -0.4 is 18.9 Å². The highest BCUT2D eigenvalue weighted by molar-refractivity contribution is 6.33. The van der Waals surface area contributed by atoms with Crippen molar-refractivity contribution < 1.29 is 23.7 Å². The van der Waals surface area contributed by atoms with Crippen molar-refractivity contribution in [2.45, 2.75) is 19.8 Å². The van der Waals surface area contributed by atoms with Crippen molar-refractivity contribution in [2.75, 3.05) is 28.4 Å². The number of fused-ring (bicyclic) bond motifs is 1. The second kappa shape index (κ2) is 9.41. The number of benzene rings is 3. The summed E-state index contributed by atoms with van der Waals surface area (Å²) in [6.45, 7) is 2.10. The van der Waals surface area contributed by atoms with Crippen molar-refractivity contribution in [3.05, 3.63) is 82.4 Å². The number of ether oxygens (including phenoxy) is 4. The van der Waals surface area contributed by atoms with E-state index in [0.29, 0.717) is 23.5 Å². The molecule has 5 nitrogen and oxygen atoms in total. The average Bonchev–Trinajstić information content (AvgIpc) is 3.19. The maximum Gasteiger partial charge on any atom is 0.168 e. The molecule has 0 unspecified atom stereocenters. The summed E-state index contributed by atoms with van der Waals surface area (Å²) in [4.78, 5) is 13.5. The number of ketones is 1. The van der Waals surface area contributed by atoms with Gasteiger partial charge in [-0.3, -0.25) is 4.79 Å². The summed E-state index contributed by atoms with van der Waals surface area (Å²) in [5.41, 5.74) is 6.31. The number of carbonyl (C=O) groups is 1. The Hall–Kier alpha value is -3.73. The van der Waals surface area contributed by atoms with Gasteiger partial charge in [0.2, 0.25) is 0 Å². The molecule has 4 rings (SSSR count). The van der Waals surface area contributed by atoms with E-state index in [1.165, 1.54) is 0 Å². The standard InChI is InChI=1S/C28H28O5/c1-6-17-13-22-21(25(14-17)32-4)16-23(29)28(22)27(18-7-10-20(30-2)11-8-18)19-9-12-24(31-3)26(15-19)33-5/h7-15H,6,16H2,1-5H3.